The van der Waals surface area contributed by atoms with Crippen LogP contribution in [0.1, 0.15) is 30.8 Å². The predicted molar refractivity (Wildman–Crippen MR) is 120 cm³/mol. The average molecular weight is 499 g/mol. The fourth-order valence-corrected chi connectivity index (χ4v) is 4.33. The van der Waals surface area contributed by atoms with Crippen LogP contribution in [0, 0.1) is 0 Å². The highest BCUT2D eigenvalue weighted by Gasteiger charge is 2.31. The van der Waals surface area contributed by atoms with E-state index in [0.717, 1.165) is 9.82 Å². The molecule has 0 radical (unpaired) electrons. The van der Waals surface area contributed by atoms with E-state index in [1.54, 1.807) is 24.6 Å². The monoisotopic (exact) mass is 498 g/mol. The number of aryl methyl sites for hydroxylation is 2. The van der Waals surface area contributed by atoms with E-state index in [-0.39, 0.29) is 23.0 Å². The van der Waals surface area contributed by atoms with Crippen molar-refractivity contribution in [2.45, 2.75) is 37.1 Å². The maximum Gasteiger partial charge on any atom is 0.573 e. The number of nitrogens with one attached hydrogen (secondary N) is 1. The van der Waals surface area contributed by atoms with Gasteiger partial charge in [0.25, 0.3) is 0 Å². The molecule has 0 fully saturated rings. The molecule has 1 N–H and O–H groups in total. The molecular weight excluding hydrogens is 473 g/mol. The summed E-state index contributed by atoms with van der Waals surface area (Å²) >= 11 is 0. The van der Waals surface area contributed by atoms with Crippen molar-refractivity contribution in [3.63, 3.8) is 0 Å². The molecule has 1 heterocycles. The molecule has 3 rings (SSSR count). The number of alkyl halides is 3. The summed E-state index contributed by atoms with van der Waals surface area (Å²) in [6.07, 6.45) is -4.32. The molecule has 2 aromatic carbocycles. The van der Waals surface area contributed by atoms with Crippen molar-refractivity contribution in [3.8, 4) is 5.75 Å². The van der Waals surface area contributed by atoms with Crippen molar-refractivity contribution in [3.05, 3.63) is 53.9 Å². The summed E-state index contributed by atoms with van der Waals surface area (Å²) in [4.78, 5) is 17.1. The first-order chi connectivity index (χ1) is 15.8. The van der Waals surface area contributed by atoms with Gasteiger partial charge >= 0.3 is 6.36 Å². The Kier molecular flexibility index (Phi) is 7.22. The minimum Gasteiger partial charge on any atom is -0.406 e. The lowest BCUT2D eigenvalue weighted by Gasteiger charge is -2.15. The maximum atomic E-state index is 12.4. The van der Waals surface area contributed by atoms with Crippen LogP contribution in [-0.2, 0) is 28.3 Å². The molecule has 1 amide bonds. The van der Waals surface area contributed by atoms with Gasteiger partial charge in [0.1, 0.15) is 11.6 Å². The Morgan fingerprint density at radius 1 is 1.18 bits per heavy atom. The number of benzene rings is 2. The molecule has 1 aromatic heterocycles. The van der Waals surface area contributed by atoms with Crippen molar-refractivity contribution in [1.82, 2.24) is 19.2 Å². The summed E-state index contributed by atoms with van der Waals surface area (Å²) < 4.78 is 68.3. The lowest BCUT2D eigenvalue weighted by atomic mass is 10.1. The number of halogens is 3. The van der Waals surface area contributed by atoms with E-state index in [0.29, 0.717) is 23.3 Å². The number of nitrogens with zero attached hydrogens (tertiary/aromatic N) is 3. The lowest BCUT2D eigenvalue weighted by Crippen LogP contribution is -2.27. The van der Waals surface area contributed by atoms with Gasteiger partial charge in [-0.05, 0) is 42.8 Å². The van der Waals surface area contributed by atoms with Gasteiger partial charge in [0.05, 0.1) is 22.0 Å². The smallest absolute Gasteiger partial charge is 0.406 e. The van der Waals surface area contributed by atoms with Gasteiger partial charge in [-0.15, -0.1) is 13.2 Å². The molecule has 12 heteroatoms. The maximum absolute atomic E-state index is 12.4. The molecule has 8 nitrogen and oxygen atoms in total. The Bertz CT molecular complexity index is 1290. The SMILES string of the molecule is CC(NC(=O)CCc1nc2cc(S(=O)(=O)N(C)C)ccc2n1C)c1ccc(OC(F)(F)F)cc1. The van der Waals surface area contributed by atoms with Crippen LogP contribution in [0.25, 0.3) is 11.0 Å². The Morgan fingerprint density at radius 3 is 2.41 bits per heavy atom. The number of aromatic nitrogens is 2. The van der Waals surface area contributed by atoms with Crippen LogP contribution in [-0.4, -0.2) is 48.6 Å². The topological polar surface area (TPSA) is 93.5 Å². The first kappa shape index (κ1) is 25.5. The van der Waals surface area contributed by atoms with Gasteiger partial charge in [-0.2, -0.15) is 0 Å². The van der Waals surface area contributed by atoms with Gasteiger partial charge in [-0.3, -0.25) is 4.79 Å². The summed E-state index contributed by atoms with van der Waals surface area (Å²) in [6.45, 7) is 1.72. The number of carbonyl (C=O) groups is 1. The predicted octanol–water partition coefficient (Wildman–Crippen LogP) is 3.53. The van der Waals surface area contributed by atoms with Gasteiger partial charge < -0.3 is 14.6 Å². The zero-order valence-electron chi connectivity index (χ0n) is 19.0. The van der Waals surface area contributed by atoms with E-state index < -0.39 is 22.4 Å². The molecule has 3 aromatic rings. The zero-order chi connectivity index (χ0) is 25.3. The summed E-state index contributed by atoms with van der Waals surface area (Å²) in [6, 6.07) is 9.56. The van der Waals surface area contributed by atoms with Crippen LogP contribution in [0.5, 0.6) is 5.75 Å². The summed E-state index contributed by atoms with van der Waals surface area (Å²) in [7, 11) is 1.10. The molecule has 0 spiro atoms. The number of imidazole rings is 1. The fourth-order valence-electron chi connectivity index (χ4n) is 3.40. The molecule has 0 saturated heterocycles. The minimum atomic E-state index is -4.76. The third kappa shape index (κ3) is 5.86. The van der Waals surface area contributed by atoms with Gasteiger partial charge in [0.15, 0.2) is 0 Å². The average Bonchev–Trinajstić information content (AvgIpc) is 3.06. The largest absolute Gasteiger partial charge is 0.573 e. The number of amides is 1. The number of hydrogen-bond donors (Lipinski definition) is 1. The number of hydrogen-bond acceptors (Lipinski definition) is 5. The highest BCUT2D eigenvalue weighted by Crippen LogP contribution is 2.25. The Hall–Kier alpha value is -3.12. The third-order valence-electron chi connectivity index (χ3n) is 5.29. The first-order valence-corrected chi connectivity index (χ1v) is 11.7. The molecule has 0 bridgehead atoms. The quantitative estimate of drug-likeness (QED) is 0.513. The van der Waals surface area contributed by atoms with Crippen LogP contribution >= 0.6 is 0 Å². The number of fused-ring (bicyclic) bond motifs is 1. The molecule has 0 aliphatic rings. The molecule has 34 heavy (non-hydrogen) atoms. The number of sulfonamides is 1. The number of rotatable bonds is 8. The van der Waals surface area contributed by atoms with Gasteiger partial charge in [-0.1, -0.05) is 12.1 Å². The second-order valence-corrected chi connectivity index (χ2v) is 10.1. The molecule has 1 atom stereocenters. The van der Waals surface area contributed by atoms with Crippen molar-refractivity contribution in [2.75, 3.05) is 14.1 Å². The van der Waals surface area contributed by atoms with Crippen LogP contribution in [0.4, 0.5) is 13.2 Å². The van der Waals surface area contributed by atoms with Gasteiger partial charge in [0, 0.05) is 34.0 Å². The van der Waals surface area contributed by atoms with E-state index in [4.69, 9.17) is 0 Å². The van der Waals surface area contributed by atoms with Crippen molar-refractivity contribution >= 4 is 27.0 Å². The van der Waals surface area contributed by atoms with E-state index in [1.165, 1.54) is 50.5 Å². The Labute approximate surface area is 195 Å². The van der Waals surface area contributed by atoms with E-state index in [9.17, 15) is 26.4 Å². The van der Waals surface area contributed by atoms with Crippen LogP contribution in [0.2, 0.25) is 0 Å². The summed E-state index contributed by atoms with van der Waals surface area (Å²) in [5, 5.41) is 2.80. The molecule has 184 valence electrons. The van der Waals surface area contributed by atoms with Gasteiger partial charge in [-0.25, -0.2) is 17.7 Å². The normalized spacial score (nSPS) is 13.3. The molecular formula is C22H25F3N4O4S. The lowest BCUT2D eigenvalue weighted by molar-refractivity contribution is -0.274. The first-order valence-electron chi connectivity index (χ1n) is 10.3. The van der Waals surface area contributed by atoms with E-state index >= 15 is 0 Å². The Morgan fingerprint density at radius 2 is 1.82 bits per heavy atom. The zero-order valence-corrected chi connectivity index (χ0v) is 19.9. The number of ether oxygens (including phenoxy) is 1. The molecule has 0 aliphatic carbocycles. The molecule has 0 aliphatic heterocycles. The second-order valence-electron chi connectivity index (χ2n) is 7.93. The van der Waals surface area contributed by atoms with Crippen LogP contribution < -0.4 is 10.1 Å². The summed E-state index contributed by atoms with van der Waals surface area (Å²) in [5.74, 6) is 0.0232. The fraction of sp³-hybridized carbons (Fsp3) is 0.364. The molecule has 0 saturated carbocycles. The standard InChI is InChI=1S/C22H25F3N4O4S/c1-14(15-5-7-16(8-6-15)33-22(23,24)25)26-21(30)12-11-20-27-18-13-17(34(31,32)28(2)3)9-10-19(18)29(20)4/h5-10,13-14H,11-12H2,1-4H3,(H,26,30). The second kappa shape index (κ2) is 9.63. The van der Waals surface area contributed by atoms with Crippen LogP contribution in [0.3, 0.4) is 0 Å². The van der Waals surface area contributed by atoms with Gasteiger partial charge in [0.2, 0.25) is 15.9 Å². The van der Waals surface area contributed by atoms with E-state index in [2.05, 4.69) is 15.0 Å². The van der Waals surface area contributed by atoms with Crippen molar-refractivity contribution in [2.24, 2.45) is 7.05 Å². The van der Waals surface area contributed by atoms with E-state index in [1.807, 2.05) is 0 Å². The Balaban J connectivity index is 1.64. The van der Waals surface area contributed by atoms with Crippen LogP contribution in [0.15, 0.2) is 47.4 Å². The minimum absolute atomic E-state index is 0.125. The van der Waals surface area contributed by atoms with Crippen molar-refractivity contribution < 1.29 is 31.1 Å². The number of carbonyl (C=O) groups excluding carboxylic acids is 1. The summed E-state index contributed by atoms with van der Waals surface area (Å²) in [5.41, 5.74) is 1.87. The molecule has 1 unspecified atom stereocenters. The highest BCUT2D eigenvalue weighted by atomic mass is 32.2. The van der Waals surface area contributed by atoms with Crippen molar-refractivity contribution in [1.29, 1.82) is 0 Å². The third-order valence-corrected chi connectivity index (χ3v) is 7.10. The highest BCUT2D eigenvalue weighted by molar-refractivity contribution is 7.89.